The fourth-order valence-corrected chi connectivity index (χ4v) is 2.65. The molecule has 0 aliphatic heterocycles. The van der Waals surface area contributed by atoms with Crippen LogP contribution < -0.4 is 5.32 Å². The van der Waals surface area contributed by atoms with Crippen LogP contribution in [0.3, 0.4) is 0 Å². The summed E-state index contributed by atoms with van der Waals surface area (Å²) in [5.74, 6) is 0. The summed E-state index contributed by atoms with van der Waals surface area (Å²) in [7, 11) is 1.78. The molecule has 0 spiro atoms. The van der Waals surface area contributed by atoms with E-state index in [-0.39, 0.29) is 0 Å². The van der Waals surface area contributed by atoms with Crippen molar-refractivity contribution in [3.05, 3.63) is 21.9 Å². The molecule has 1 aromatic rings. The topological polar surface area (TPSA) is 21.3 Å². The van der Waals surface area contributed by atoms with Gasteiger partial charge in [0.2, 0.25) is 0 Å². The van der Waals surface area contributed by atoms with Gasteiger partial charge in [0.1, 0.15) is 0 Å². The Morgan fingerprint density at radius 2 is 2.19 bits per heavy atom. The number of hydrogen-bond donors (Lipinski definition) is 1. The first-order valence-electron chi connectivity index (χ1n) is 5.99. The van der Waals surface area contributed by atoms with E-state index in [2.05, 4.69) is 37.5 Å². The van der Waals surface area contributed by atoms with Gasteiger partial charge in [-0.05, 0) is 50.2 Å². The van der Waals surface area contributed by atoms with E-state index in [1.165, 1.54) is 10.4 Å². The van der Waals surface area contributed by atoms with E-state index < -0.39 is 0 Å². The molecule has 0 radical (unpaired) electrons. The van der Waals surface area contributed by atoms with Crippen LogP contribution in [0.15, 0.2) is 11.4 Å². The van der Waals surface area contributed by atoms with Crippen LogP contribution in [0.4, 0.5) is 0 Å². The lowest BCUT2D eigenvalue weighted by Crippen LogP contribution is -2.22. The maximum absolute atomic E-state index is 5.30. The van der Waals surface area contributed by atoms with Crippen LogP contribution in [0.25, 0.3) is 0 Å². The van der Waals surface area contributed by atoms with E-state index in [1.54, 1.807) is 7.11 Å². The first kappa shape index (κ1) is 13.7. The average molecular weight is 241 g/mol. The zero-order valence-electron chi connectivity index (χ0n) is 10.7. The largest absolute Gasteiger partial charge is 0.382 e. The molecule has 0 amide bonds. The van der Waals surface area contributed by atoms with Crippen LogP contribution in [0.5, 0.6) is 0 Å². The Hall–Kier alpha value is -0.380. The molecular weight excluding hydrogens is 218 g/mol. The molecule has 1 rings (SSSR count). The highest BCUT2D eigenvalue weighted by Gasteiger charge is 2.14. The van der Waals surface area contributed by atoms with E-state index in [0.717, 1.165) is 19.4 Å². The molecule has 92 valence electrons. The third-order valence-corrected chi connectivity index (χ3v) is 3.85. The molecule has 3 heteroatoms. The summed E-state index contributed by atoms with van der Waals surface area (Å²) in [5, 5.41) is 5.73. The van der Waals surface area contributed by atoms with Gasteiger partial charge in [-0.1, -0.05) is 6.92 Å². The fraction of sp³-hybridized carbons (Fsp3) is 0.692. The lowest BCUT2D eigenvalue weighted by Gasteiger charge is -2.19. The monoisotopic (exact) mass is 241 g/mol. The minimum atomic E-state index is 0.347. The lowest BCUT2D eigenvalue weighted by atomic mass is 10.0. The summed E-state index contributed by atoms with van der Waals surface area (Å²) >= 11 is 1.83. The summed E-state index contributed by atoms with van der Waals surface area (Å²) < 4.78 is 5.30. The smallest absolute Gasteiger partial charge is 0.0543 e. The molecule has 0 aliphatic carbocycles. The van der Waals surface area contributed by atoms with Crippen LogP contribution in [0.2, 0.25) is 0 Å². The van der Waals surface area contributed by atoms with E-state index in [4.69, 9.17) is 4.74 Å². The average Bonchev–Trinajstić information content (AvgIpc) is 2.70. The van der Waals surface area contributed by atoms with Crippen LogP contribution in [-0.4, -0.2) is 19.8 Å². The lowest BCUT2D eigenvalue weighted by molar-refractivity contribution is 0.106. The van der Waals surface area contributed by atoms with Gasteiger partial charge in [-0.25, -0.2) is 0 Å². The molecule has 2 unspecified atom stereocenters. The van der Waals surface area contributed by atoms with E-state index in [1.807, 2.05) is 11.3 Å². The van der Waals surface area contributed by atoms with E-state index >= 15 is 0 Å². The van der Waals surface area contributed by atoms with Gasteiger partial charge in [0.05, 0.1) is 6.10 Å². The van der Waals surface area contributed by atoms with Crippen LogP contribution in [-0.2, 0) is 4.74 Å². The molecule has 0 saturated heterocycles. The number of nitrogens with one attached hydrogen (secondary N) is 1. The van der Waals surface area contributed by atoms with E-state index in [0.29, 0.717) is 12.1 Å². The predicted octanol–water partition coefficient (Wildman–Crippen LogP) is 3.52. The van der Waals surface area contributed by atoms with Gasteiger partial charge >= 0.3 is 0 Å². The summed E-state index contributed by atoms with van der Waals surface area (Å²) in [4.78, 5) is 1.43. The molecular formula is C13H23NOS. The van der Waals surface area contributed by atoms with Crippen molar-refractivity contribution in [1.82, 2.24) is 5.32 Å². The van der Waals surface area contributed by atoms with Crippen molar-refractivity contribution in [2.24, 2.45) is 0 Å². The molecule has 16 heavy (non-hydrogen) atoms. The van der Waals surface area contributed by atoms with Crippen LogP contribution in [0, 0.1) is 6.92 Å². The normalized spacial score (nSPS) is 15.0. The van der Waals surface area contributed by atoms with Crippen LogP contribution in [0.1, 0.15) is 43.2 Å². The molecule has 0 aromatic carbocycles. The highest BCUT2D eigenvalue weighted by molar-refractivity contribution is 7.10. The Morgan fingerprint density at radius 3 is 2.69 bits per heavy atom. The number of methoxy groups -OCH3 is 1. The van der Waals surface area contributed by atoms with Crippen molar-refractivity contribution in [3.8, 4) is 0 Å². The van der Waals surface area contributed by atoms with Gasteiger partial charge in [-0.15, -0.1) is 11.3 Å². The molecule has 0 bridgehead atoms. The standard InChI is InChI=1S/C13H23NOS/c1-5-14-13(7-6-10(2)15-4)12-8-9-16-11(12)3/h8-10,13-14H,5-7H2,1-4H3. The third kappa shape index (κ3) is 3.89. The fourth-order valence-electron chi connectivity index (χ4n) is 1.89. The van der Waals surface area contributed by atoms with Crippen molar-refractivity contribution < 1.29 is 4.74 Å². The zero-order valence-corrected chi connectivity index (χ0v) is 11.6. The molecule has 1 aromatic heterocycles. The minimum Gasteiger partial charge on any atom is -0.382 e. The second kappa shape index (κ2) is 7.05. The molecule has 0 saturated carbocycles. The third-order valence-electron chi connectivity index (χ3n) is 2.99. The molecule has 1 heterocycles. The van der Waals surface area contributed by atoms with Crippen molar-refractivity contribution in [2.75, 3.05) is 13.7 Å². The molecule has 1 N–H and O–H groups in total. The number of rotatable bonds is 7. The summed E-state index contributed by atoms with van der Waals surface area (Å²) in [5.41, 5.74) is 1.45. The van der Waals surface area contributed by atoms with Gasteiger partial charge in [0.25, 0.3) is 0 Å². The first-order chi connectivity index (χ1) is 7.69. The van der Waals surface area contributed by atoms with Gasteiger partial charge in [0.15, 0.2) is 0 Å². The van der Waals surface area contributed by atoms with Crippen molar-refractivity contribution >= 4 is 11.3 Å². The second-order valence-electron chi connectivity index (χ2n) is 4.17. The Morgan fingerprint density at radius 1 is 1.44 bits per heavy atom. The number of hydrogen-bond acceptors (Lipinski definition) is 3. The van der Waals surface area contributed by atoms with E-state index in [9.17, 15) is 0 Å². The molecule has 0 aliphatic rings. The SMILES string of the molecule is CCNC(CCC(C)OC)c1ccsc1C. The summed E-state index contributed by atoms with van der Waals surface area (Å²) in [6.07, 6.45) is 2.59. The zero-order chi connectivity index (χ0) is 12.0. The Labute approximate surface area is 103 Å². The minimum absolute atomic E-state index is 0.347. The highest BCUT2D eigenvalue weighted by atomic mass is 32.1. The van der Waals surface area contributed by atoms with Crippen molar-refractivity contribution in [3.63, 3.8) is 0 Å². The van der Waals surface area contributed by atoms with Crippen molar-refractivity contribution in [1.29, 1.82) is 0 Å². The molecule has 2 atom stereocenters. The Balaban J connectivity index is 2.58. The Kier molecular flexibility index (Phi) is 6.03. The predicted molar refractivity (Wildman–Crippen MR) is 71.2 cm³/mol. The summed E-state index contributed by atoms with van der Waals surface area (Å²) in [6, 6.07) is 2.72. The molecule has 0 fully saturated rings. The van der Waals surface area contributed by atoms with Crippen LogP contribution >= 0.6 is 11.3 Å². The van der Waals surface area contributed by atoms with Gasteiger partial charge < -0.3 is 10.1 Å². The maximum atomic E-state index is 5.30. The van der Waals surface area contributed by atoms with Gasteiger partial charge in [-0.3, -0.25) is 0 Å². The molecule has 2 nitrogen and oxygen atoms in total. The number of thiophene rings is 1. The van der Waals surface area contributed by atoms with Gasteiger partial charge in [0, 0.05) is 18.0 Å². The second-order valence-corrected chi connectivity index (χ2v) is 5.29. The first-order valence-corrected chi connectivity index (χ1v) is 6.87. The van der Waals surface area contributed by atoms with Crippen molar-refractivity contribution in [2.45, 2.75) is 45.8 Å². The quantitative estimate of drug-likeness (QED) is 0.788. The highest BCUT2D eigenvalue weighted by Crippen LogP contribution is 2.26. The maximum Gasteiger partial charge on any atom is 0.0543 e. The van der Waals surface area contributed by atoms with Gasteiger partial charge in [-0.2, -0.15) is 0 Å². The Bertz CT molecular complexity index is 298. The number of aryl methyl sites for hydroxylation is 1. The number of ether oxygens (including phenoxy) is 1. The summed E-state index contributed by atoms with van der Waals surface area (Å²) in [6.45, 7) is 7.50.